The maximum atomic E-state index is 6.38. The van der Waals surface area contributed by atoms with Gasteiger partial charge in [0.25, 0.3) is 0 Å². The van der Waals surface area contributed by atoms with E-state index in [9.17, 15) is 0 Å². The summed E-state index contributed by atoms with van der Waals surface area (Å²) in [5.74, 6) is 2.50. The summed E-state index contributed by atoms with van der Waals surface area (Å²) < 4.78 is 19.1. The van der Waals surface area contributed by atoms with Gasteiger partial charge in [-0.1, -0.05) is 129 Å². The van der Waals surface area contributed by atoms with E-state index in [4.69, 9.17) is 14.2 Å². The van der Waals surface area contributed by atoms with Gasteiger partial charge in [-0.15, -0.1) is 0 Å². The van der Waals surface area contributed by atoms with Gasteiger partial charge in [-0.25, -0.2) is 0 Å². The summed E-state index contributed by atoms with van der Waals surface area (Å²) in [7, 11) is 0. The molecule has 1 aromatic heterocycles. The highest BCUT2D eigenvalue weighted by Crippen LogP contribution is 2.37. The third-order valence-electron chi connectivity index (χ3n) is 7.50. The SMILES string of the molecule is CCCCCCCCOc1cc(OCCCCCCCC)c(OCCCCCCCC)cc1/C=C/c1ccncc1. The summed E-state index contributed by atoms with van der Waals surface area (Å²) in [5.41, 5.74) is 2.14. The van der Waals surface area contributed by atoms with Crippen LogP contribution in [0.3, 0.4) is 0 Å². The first-order valence-corrected chi connectivity index (χ1v) is 16.9. The lowest BCUT2D eigenvalue weighted by Crippen LogP contribution is -2.05. The molecule has 0 aliphatic heterocycles. The molecule has 0 saturated heterocycles. The van der Waals surface area contributed by atoms with Crippen molar-refractivity contribution in [3.63, 3.8) is 0 Å². The molecule has 0 saturated carbocycles. The summed E-state index contributed by atoms with van der Waals surface area (Å²) in [6, 6.07) is 8.21. The Bertz CT molecular complexity index is 912. The van der Waals surface area contributed by atoms with E-state index in [0.717, 1.165) is 54.2 Å². The van der Waals surface area contributed by atoms with Gasteiger partial charge in [0.05, 0.1) is 19.8 Å². The van der Waals surface area contributed by atoms with Crippen LogP contribution in [0.1, 0.15) is 147 Å². The number of pyridine rings is 1. The van der Waals surface area contributed by atoms with Crippen LogP contribution < -0.4 is 14.2 Å². The highest BCUT2D eigenvalue weighted by molar-refractivity contribution is 5.74. The zero-order chi connectivity index (χ0) is 29.2. The number of rotatable bonds is 26. The van der Waals surface area contributed by atoms with Crippen molar-refractivity contribution < 1.29 is 14.2 Å². The average Bonchev–Trinajstić information content (AvgIpc) is 3.00. The summed E-state index contributed by atoms with van der Waals surface area (Å²) in [6.07, 6.45) is 30.3. The van der Waals surface area contributed by atoms with Crippen LogP contribution >= 0.6 is 0 Å². The number of benzene rings is 1. The molecule has 230 valence electrons. The summed E-state index contributed by atoms with van der Waals surface area (Å²) in [5, 5.41) is 0. The van der Waals surface area contributed by atoms with Gasteiger partial charge in [0.1, 0.15) is 5.75 Å². The maximum Gasteiger partial charge on any atom is 0.164 e. The predicted octanol–water partition coefficient (Wildman–Crippen LogP) is 11.5. The molecule has 4 heteroatoms. The van der Waals surface area contributed by atoms with Crippen molar-refractivity contribution in [3.8, 4) is 17.2 Å². The second kappa shape index (κ2) is 24.1. The van der Waals surface area contributed by atoms with Gasteiger partial charge in [0.15, 0.2) is 11.5 Å². The predicted molar refractivity (Wildman–Crippen MR) is 176 cm³/mol. The molecule has 0 aliphatic rings. The molecular weight excluding hydrogens is 506 g/mol. The number of aromatic nitrogens is 1. The quantitative estimate of drug-likeness (QED) is 0.106. The van der Waals surface area contributed by atoms with Crippen LogP contribution in [-0.2, 0) is 0 Å². The van der Waals surface area contributed by atoms with Crippen molar-refractivity contribution in [1.82, 2.24) is 4.98 Å². The van der Waals surface area contributed by atoms with E-state index in [0.29, 0.717) is 13.2 Å². The fourth-order valence-corrected chi connectivity index (χ4v) is 4.89. The van der Waals surface area contributed by atoms with Crippen molar-refractivity contribution in [3.05, 3.63) is 47.8 Å². The van der Waals surface area contributed by atoms with E-state index in [-0.39, 0.29) is 0 Å². The van der Waals surface area contributed by atoms with E-state index in [1.165, 1.54) is 96.3 Å². The van der Waals surface area contributed by atoms with Gasteiger partial charge in [0, 0.05) is 24.0 Å². The lowest BCUT2D eigenvalue weighted by molar-refractivity contribution is 0.254. The Labute approximate surface area is 252 Å². The van der Waals surface area contributed by atoms with Crippen LogP contribution in [0.4, 0.5) is 0 Å². The molecule has 4 nitrogen and oxygen atoms in total. The molecule has 0 amide bonds. The molecule has 2 aromatic rings. The van der Waals surface area contributed by atoms with Crippen molar-refractivity contribution in [2.24, 2.45) is 0 Å². The lowest BCUT2D eigenvalue weighted by atomic mass is 10.1. The summed E-state index contributed by atoms with van der Waals surface area (Å²) >= 11 is 0. The van der Waals surface area contributed by atoms with Gasteiger partial charge < -0.3 is 14.2 Å². The van der Waals surface area contributed by atoms with Crippen molar-refractivity contribution in [2.45, 2.75) is 136 Å². The fraction of sp³-hybridized carbons (Fsp3) is 0.649. The van der Waals surface area contributed by atoms with Gasteiger partial charge in [0.2, 0.25) is 0 Å². The Balaban J connectivity index is 2.12. The number of hydrogen-bond acceptors (Lipinski definition) is 4. The highest BCUT2D eigenvalue weighted by Gasteiger charge is 2.13. The summed E-state index contributed by atoms with van der Waals surface area (Å²) in [6.45, 7) is 8.93. The first-order valence-electron chi connectivity index (χ1n) is 16.9. The molecule has 0 unspecified atom stereocenters. The largest absolute Gasteiger partial charge is 0.493 e. The van der Waals surface area contributed by atoms with Crippen molar-refractivity contribution >= 4 is 12.2 Å². The first-order chi connectivity index (χ1) is 20.3. The minimum absolute atomic E-state index is 0.711. The van der Waals surface area contributed by atoms with E-state index in [2.05, 4.69) is 50.0 Å². The second-order valence-electron chi connectivity index (χ2n) is 11.3. The summed E-state index contributed by atoms with van der Waals surface area (Å²) in [4.78, 5) is 4.15. The van der Waals surface area contributed by atoms with Crippen LogP contribution in [0.2, 0.25) is 0 Å². The molecule has 0 bridgehead atoms. The van der Waals surface area contributed by atoms with Crippen LogP contribution in [0.25, 0.3) is 12.2 Å². The van der Waals surface area contributed by atoms with Gasteiger partial charge in [-0.05, 0) is 43.0 Å². The molecule has 0 radical (unpaired) electrons. The molecule has 0 spiro atoms. The fourth-order valence-electron chi connectivity index (χ4n) is 4.89. The number of ether oxygens (including phenoxy) is 3. The molecule has 0 atom stereocenters. The molecule has 41 heavy (non-hydrogen) atoms. The second-order valence-corrected chi connectivity index (χ2v) is 11.3. The lowest BCUT2D eigenvalue weighted by Gasteiger charge is -2.17. The zero-order valence-electron chi connectivity index (χ0n) is 26.6. The Kier molecular flexibility index (Phi) is 20.4. The van der Waals surface area contributed by atoms with E-state index >= 15 is 0 Å². The van der Waals surface area contributed by atoms with Crippen LogP contribution in [0.15, 0.2) is 36.7 Å². The Morgan fingerprint density at radius 3 is 1.39 bits per heavy atom. The molecule has 0 fully saturated rings. The van der Waals surface area contributed by atoms with Gasteiger partial charge >= 0.3 is 0 Å². The zero-order valence-corrected chi connectivity index (χ0v) is 26.6. The Hall–Kier alpha value is -2.49. The first kappa shape index (κ1) is 34.7. The number of nitrogens with zero attached hydrogens (tertiary/aromatic N) is 1. The number of hydrogen-bond donors (Lipinski definition) is 0. The monoisotopic (exact) mass is 565 g/mol. The standard InChI is InChI=1S/C37H59NO3/c1-4-7-10-13-16-19-28-39-35-32-37(41-30-21-18-15-12-9-6-3)36(40-29-20-17-14-11-8-5-2)31-34(35)23-22-33-24-26-38-27-25-33/h22-27,31-32H,4-21,28-30H2,1-3H3/b23-22+. The number of unbranched alkanes of at least 4 members (excludes halogenated alkanes) is 15. The third kappa shape index (κ3) is 16.5. The highest BCUT2D eigenvalue weighted by atomic mass is 16.5. The average molecular weight is 566 g/mol. The minimum Gasteiger partial charge on any atom is -0.493 e. The normalized spacial score (nSPS) is 11.3. The topological polar surface area (TPSA) is 40.6 Å². The van der Waals surface area contributed by atoms with Crippen LogP contribution in [-0.4, -0.2) is 24.8 Å². The molecular formula is C37H59NO3. The van der Waals surface area contributed by atoms with E-state index < -0.39 is 0 Å². The van der Waals surface area contributed by atoms with Gasteiger partial charge in [-0.2, -0.15) is 0 Å². The molecule has 1 heterocycles. The molecule has 0 aliphatic carbocycles. The van der Waals surface area contributed by atoms with E-state index in [1.807, 2.05) is 24.5 Å². The smallest absolute Gasteiger partial charge is 0.164 e. The Morgan fingerprint density at radius 2 is 0.902 bits per heavy atom. The Morgan fingerprint density at radius 1 is 0.488 bits per heavy atom. The maximum absolute atomic E-state index is 6.38. The van der Waals surface area contributed by atoms with Gasteiger partial charge in [-0.3, -0.25) is 4.98 Å². The molecule has 2 rings (SSSR count). The molecule has 0 N–H and O–H groups in total. The van der Waals surface area contributed by atoms with Crippen LogP contribution in [0, 0.1) is 0 Å². The molecule has 1 aromatic carbocycles. The van der Waals surface area contributed by atoms with Crippen LogP contribution in [0.5, 0.6) is 17.2 Å². The van der Waals surface area contributed by atoms with Crippen molar-refractivity contribution in [2.75, 3.05) is 19.8 Å². The van der Waals surface area contributed by atoms with E-state index in [1.54, 1.807) is 0 Å². The minimum atomic E-state index is 0.711. The third-order valence-corrected chi connectivity index (χ3v) is 7.50. The van der Waals surface area contributed by atoms with Crippen molar-refractivity contribution in [1.29, 1.82) is 0 Å².